The molecule has 0 aliphatic carbocycles. The molecule has 0 saturated heterocycles. The summed E-state index contributed by atoms with van der Waals surface area (Å²) in [7, 11) is -3.71. The van der Waals surface area contributed by atoms with Gasteiger partial charge in [-0.25, -0.2) is 17.5 Å². The fourth-order valence-corrected chi connectivity index (χ4v) is 2.95. The van der Waals surface area contributed by atoms with Gasteiger partial charge in [0.25, 0.3) is 0 Å². The summed E-state index contributed by atoms with van der Waals surface area (Å²) < 4.78 is 40.2. The molecule has 0 aliphatic heterocycles. The maximum atomic E-state index is 13.7. The molecule has 2 aromatic carbocycles. The van der Waals surface area contributed by atoms with E-state index in [0.29, 0.717) is 6.54 Å². The summed E-state index contributed by atoms with van der Waals surface area (Å²) in [4.78, 5) is 0.0992. The number of nitrogens with two attached hydrogens (primary N) is 1. The number of halogens is 2. The summed E-state index contributed by atoms with van der Waals surface area (Å²) in [5.74, 6) is -0.625. The molecule has 7 heteroatoms. The Morgan fingerprint density at radius 1 is 1.14 bits per heavy atom. The Morgan fingerprint density at radius 2 is 1.81 bits per heavy atom. The lowest BCUT2D eigenvalue weighted by molar-refractivity contribution is 0.574. The van der Waals surface area contributed by atoms with Crippen LogP contribution in [0.1, 0.15) is 11.1 Å². The molecular formula is C14H14ClFN2O2S. The SMILES string of the molecule is NCc1ccc(S(=O)(=O)NCc2cccc(Cl)c2F)cc1. The zero-order valence-corrected chi connectivity index (χ0v) is 12.6. The Morgan fingerprint density at radius 3 is 2.43 bits per heavy atom. The van der Waals surface area contributed by atoms with Crippen LogP contribution in [0.5, 0.6) is 0 Å². The number of benzene rings is 2. The largest absolute Gasteiger partial charge is 0.326 e. The Labute approximate surface area is 127 Å². The fourth-order valence-electron chi connectivity index (χ4n) is 1.75. The highest BCUT2D eigenvalue weighted by atomic mass is 35.5. The highest BCUT2D eigenvalue weighted by molar-refractivity contribution is 7.89. The van der Waals surface area contributed by atoms with Crippen molar-refractivity contribution in [1.29, 1.82) is 0 Å². The van der Waals surface area contributed by atoms with Crippen LogP contribution in [0.15, 0.2) is 47.4 Å². The highest BCUT2D eigenvalue weighted by Gasteiger charge is 2.15. The molecule has 0 amide bonds. The van der Waals surface area contributed by atoms with Crippen LogP contribution in [0.2, 0.25) is 5.02 Å². The molecule has 0 unspecified atom stereocenters. The second-order valence-electron chi connectivity index (χ2n) is 4.39. The first-order chi connectivity index (χ1) is 9.94. The van der Waals surface area contributed by atoms with E-state index < -0.39 is 15.8 Å². The zero-order valence-electron chi connectivity index (χ0n) is 11.0. The van der Waals surface area contributed by atoms with Gasteiger partial charge in [-0.1, -0.05) is 35.9 Å². The highest BCUT2D eigenvalue weighted by Crippen LogP contribution is 2.18. The first-order valence-electron chi connectivity index (χ1n) is 6.15. The lowest BCUT2D eigenvalue weighted by Gasteiger charge is -2.08. The predicted molar refractivity (Wildman–Crippen MR) is 79.8 cm³/mol. The van der Waals surface area contributed by atoms with Crippen LogP contribution in [0.3, 0.4) is 0 Å². The number of hydrogen-bond donors (Lipinski definition) is 2. The molecule has 3 N–H and O–H groups in total. The van der Waals surface area contributed by atoms with Gasteiger partial charge in [-0.15, -0.1) is 0 Å². The topological polar surface area (TPSA) is 72.2 Å². The third kappa shape index (κ3) is 3.79. The molecule has 0 bridgehead atoms. The van der Waals surface area contributed by atoms with E-state index >= 15 is 0 Å². The minimum atomic E-state index is -3.71. The molecule has 0 atom stereocenters. The summed E-state index contributed by atoms with van der Waals surface area (Å²) in [6.45, 7) is 0.162. The van der Waals surface area contributed by atoms with Gasteiger partial charge in [-0.2, -0.15) is 0 Å². The van der Waals surface area contributed by atoms with Gasteiger partial charge in [-0.05, 0) is 23.8 Å². The van der Waals surface area contributed by atoms with Crippen molar-refractivity contribution in [1.82, 2.24) is 4.72 Å². The number of hydrogen-bond acceptors (Lipinski definition) is 3. The van der Waals surface area contributed by atoms with Crippen LogP contribution in [0.25, 0.3) is 0 Å². The molecule has 0 fully saturated rings. The Bertz CT molecular complexity index is 733. The van der Waals surface area contributed by atoms with Crippen LogP contribution >= 0.6 is 11.6 Å². The van der Waals surface area contributed by atoms with E-state index in [4.69, 9.17) is 17.3 Å². The molecule has 0 aromatic heterocycles. The Balaban J connectivity index is 2.15. The molecule has 0 spiro atoms. The van der Waals surface area contributed by atoms with Crippen LogP contribution in [-0.2, 0) is 23.1 Å². The number of rotatable bonds is 5. The molecule has 4 nitrogen and oxygen atoms in total. The van der Waals surface area contributed by atoms with Gasteiger partial charge in [0, 0.05) is 18.7 Å². The molecule has 2 rings (SSSR count). The average molecular weight is 329 g/mol. The first-order valence-corrected chi connectivity index (χ1v) is 8.01. The Hall–Kier alpha value is -1.47. The monoisotopic (exact) mass is 328 g/mol. The normalized spacial score (nSPS) is 11.6. The molecule has 2 aromatic rings. The molecular weight excluding hydrogens is 315 g/mol. The lowest BCUT2D eigenvalue weighted by Crippen LogP contribution is -2.23. The maximum Gasteiger partial charge on any atom is 0.240 e. The van der Waals surface area contributed by atoms with Crippen molar-refractivity contribution in [2.45, 2.75) is 18.0 Å². The van der Waals surface area contributed by atoms with Gasteiger partial charge in [0.2, 0.25) is 10.0 Å². The van der Waals surface area contributed by atoms with Crippen molar-refractivity contribution in [2.24, 2.45) is 5.73 Å². The zero-order chi connectivity index (χ0) is 15.5. The van der Waals surface area contributed by atoms with Crippen LogP contribution in [0.4, 0.5) is 4.39 Å². The molecule has 0 saturated carbocycles. The molecule has 0 aliphatic rings. The minimum Gasteiger partial charge on any atom is -0.326 e. The summed E-state index contributed by atoms with van der Waals surface area (Å²) >= 11 is 5.65. The average Bonchev–Trinajstić information content (AvgIpc) is 2.49. The van der Waals surface area contributed by atoms with Crippen molar-refractivity contribution in [3.8, 4) is 0 Å². The van der Waals surface area contributed by atoms with Crippen LogP contribution in [0, 0.1) is 5.82 Å². The molecule has 21 heavy (non-hydrogen) atoms. The summed E-state index contributed by atoms with van der Waals surface area (Å²) in [5.41, 5.74) is 6.47. The maximum absolute atomic E-state index is 13.7. The van der Waals surface area contributed by atoms with Crippen molar-refractivity contribution < 1.29 is 12.8 Å². The number of sulfonamides is 1. The summed E-state index contributed by atoms with van der Waals surface area (Å²) in [6.07, 6.45) is 0. The fraction of sp³-hybridized carbons (Fsp3) is 0.143. The van der Waals surface area contributed by atoms with Gasteiger partial charge in [0.1, 0.15) is 5.82 Å². The van der Waals surface area contributed by atoms with Gasteiger partial charge in [0.05, 0.1) is 9.92 Å². The second-order valence-corrected chi connectivity index (χ2v) is 6.56. The van der Waals surface area contributed by atoms with E-state index in [0.717, 1.165) is 5.56 Å². The van der Waals surface area contributed by atoms with Crippen LogP contribution < -0.4 is 10.5 Å². The van der Waals surface area contributed by atoms with Gasteiger partial charge in [0.15, 0.2) is 0 Å². The predicted octanol–water partition coefficient (Wildman–Crippen LogP) is 2.42. The minimum absolute atomic E-state index is 0.0426. The summed E-state index contributed by atoms with van der Waals surface area (Å²) in [5, 5.41) is -0.0426. The Kier molecular flexibility index (Phi) is 4.95. The third-order valence-corrected chi connectivity index (χ3v) is 4.66. The van der Waals surface area contributed by atoms with Crippen molar-refractivity contribution in [3.63, 3.8) is 0 Å². The van der Waals surface area contributed by atoms with Gasteiger partial charge in [-0.3, -0.25) is 0 Å². The third-order valence-electron chi connectivity index (χ3n) is 2.95. The molecule has 0 radical (unpaired) electrons. The van der Waals surface area contributed by atoms with Gasteiger partial charge >= 0.3 is 0 Å². The number of nitrogens with one attached hydrogen (secondary N) is 1. The first kappa shape index (κ1) is 15.9. The van der Waals surface area contributed by atoms with Crippen molar-refractivity contribution in [3.05, 3.63) is 64.4 Å². The second kappa shape index (κ2) is 6.53. The lowest BCUT2D eigenvalue weighted by atomic mass is 10.2. The van der Waals surface area contributed by atoms with Crippen molar-refractivity contribution >= 4 is 21.6 Å². The molecule has 0 heterocycles. The quantitative estimate of drug-likeness (QED) is 0.885. The van der Waals surface area contributed by atoms with Gasteiger partial charge < -0.3 is 5.73 Å². The van der Waals surface area contributed by atoms with Crippen molar-refractivity contribution in [2.75, 3.05) is 0 Å². The smallest absolute Gasteiger partial charge is 0.240 e. The molecule has 112 valence electrons. The van der Waals surface area contributed by atoms with E-state index in [1.54, 1.807) is 18.2 Å². The van der Waals surface area contributed by atoms with E-state index in [1.807, 2.05) is 0 Å². The van der Waals surface area contributed by atoms with E-state index in [-0.39, 0.29) is 22.0 Å². The summed E-state index contributed by atoms with van der Waals surface area (Å²) in [6, 6.07) is 10.6. The van der Waals surface area contributed by atoms with Crippen LogP contribution in [-0.4, -0.2) is 8.42 Å². The van der Waals surface area contributed by atoms with E-state index in [9.17, 15) is 12.8 Å². The van der Waals surface area contributed by atoms with E-state index in [2.05, 4.69) is 4.72 Å². The standard InChI is InChI=1S/C14H14ClFN2O2S/c15-13-3-1-2-11(14(13)16)9-18-21(19,20)12-6-4-10(8-17)5-7-12/h1-7,18H,8-9,17H2. The van der Waals surface area contributed by atoms with E-state index in [1.165, 1.54) is 24.3 Å².